The number of nitrogens with one attached hydrogen (secondary N) is 1. The van der Waals surface area contributed by atoms with E-state index in [2.05, 4.69) is 10.4 Å². The highest BCUT2D eigenvalue weighted by atomic mass is 35.5. The van der Waals surface area contributed by atoms with Gasteiger partial charge in [-0.1, -0.05) is 89.9 Å². The first kappa shape index (κ1) is 21.5. The SMILES string of the molecule is O[C@@H](CNCc1nn(Cc2ccc(Cl)c(Cl)c2)nc1-c1ccccc1)c1ccccc1. The van der Waals surface area contributed by atoms with Crippen LogP contribution in [0.2, 0.25) is 10.0 Å². The van der Waals surface area contributed by atoms with Crippen LogP contribution >= 0.6 is 23.2 Å². The maximum absolute atomic E-state index is 10.4. The van der Waals surface area contributed by atoms with Crippen LogP contribution in [0, 0.1) is 0 Å². The lowest BCUT2D eigenvalue weighted by Gasteiger charge is -2.11. The van der Waals surface area contributed by atoms with E-state index in [0.29, 0.717) is 29.7 Å². The number of benzene rings is 3. The number of aliphatic hydroxyl groups excluding tert-OH is 1. The Bertz CT molecular complexity index is 1130. The zero-order valence-electron chi connectivity index (χ0n) is 16.7. The molecule has 0 saturated heterocycles. The molecule has 158 valence electrons. The summed E-state index contributed by atoms with van der Waals surface area (Å²) in [4.78, 5) is 1.66. The fourth-order valence-electron chi connectivity index (χ4n) is 3.31. The highest BCUT2D eigenvalue weighted by molar-refractivity contribution is 6.42. The van der Waals surface area contributed by atoms with Gasteiger partial charge in [-0.2, -0.15) is 15.0 Å². The molecule has 0 bridgehead atoms. The summed E-state index contributed by atoms with van der Waals surface area (Å²) in [5, 5.41) is 24.1. The predicted molar refractivity (Wildman–Crippen MR) is 124 cm³/mol. The molecule has 0 aliphatic heterocycles. The summed E-state index contributed by atoms with van der Waals surface area (Å²) >= 11 is 12.2. The van der Waals surface area contributed by atoms with E-state index in [1.165, 1.54) is 0 Å². The molecule has 5 nitrogen and oxygen atoms in total. The first-order valence-corrected chi connectivity index (χ1v) is 10.7. The number of nitrogens with zero attached hydrogens (tertiary/aromatic N) is 3. The van der Waals surface area contributed by atoms with Gasteiger partial charge >= 0.3 is 0 Å². The van der Waals surface area contributed by atoms with Gasteiger partial charge in [-0.05, 0) is 23.3 Å². The molecule has 3 aromatic carbocycles. The van der Waals surface area contributed by atoms with Gasteiger partial charge in [-0.3, -0.25) is 0 Å². The summed E-state index contributed by atoms with van der Waals surface area (Å²) in [6.07, 6.45) is -0.590. The van der Waals surface area contributed by atoms with Crippen molar-refractivity contribution in [3.63, 3.8) is 0 Å². The van der Waals surface area contributed by atoms with Gasteiger partial charge in [-0.15, -0.1) is 0 Å². The van der Waals surface area contributed by atoms with E-state index >= 15 is 0 Å². The zero-order valence-corrected chi connectivity index (χ0v) is 18.3. The first-order valence-electron chi connectivity index (χ1n) is 9.97. The number of rotatable bonds is 8. The van der Waals surface area contributed by atoms with Crippen molar-refractivity contribution in [1.29, 1.82) is 0 Å². The number of aliphatic hydroxyl groups is 1. The van der Waals surface area contributed by atoms with Gasteiger partial charge in [0.15, 0.2) is 0 Å². The molecular weight excluding hydrogens is 431 g/mol. The van der Waals surface area contributed by atoms with Crippen LogP contribution in [0.1, 0.15) is 22.9 Å². The molecule has 2 N–H and O–H groups in total. The molecule has 4 aromatic rings. The van der Waals surface area contributed by atoms with E-state index in [4.69, 9.17) is 28.3 Å². The summed E-state index contributed by atoms with van der Waals surface area (Å²) < 4.78 is 0. The van der Waals surface area contributed by atoms with Crippen LogP contribution in [0.3, 0.4) is 0 Å². The predicted octanol–water partition coefficient (Wildman–Crippen LogP) is 5.12. The van der Waals surface area contributed by atoms with Crippen molar-refractivity contribution in [2.75, 3.05) is 6.54 Å². The fraction of sp³-hybridized carbons (Fsp3) is 0.167. The van der Waals surface area contributed by atoms with Gasteiger partial charge in [0.25, 0.3) is 0 Å². The Morgan fingerprint density at radius 3 is 2.29 bits per heavy atom. The number of halogens is 2. The lowest BCUT2D eigenvalue weighted by atomic mass is 10.1. The summed E-state index contributed by atoms with van der Waals surface area (Å²) in [6, 6.07) is 25.0. The molecule has 0 unspecified atom stereocenters. The van der Waals surface area contributed by atoms with Gasteiger partial charge < -0.3 is 10.4 Å². The lowest BCUT2D eigenvalue weighted by Crippen LogP contribution is -2.21. The molecule has 0 aliphatic carbocycles. The van der Waals surface area contributed by atoms with Crippen molar-refractivity contribution in [3.8, 4) is 11.3 Å². The zero-order chi connectivity index (χ0) is 21.6. The number of hydrogen-bond donors (Lipinski definition) is 2. The van der Waals surface area contributed by atoms with Crippen molar-refractivity contribution in [3.05, 3.63) is 106 Å². The molecule has 0 aliphatic rings. The molecule has 1 heterocycles. The lowest BCUT2D eigenvalue weighted by molar-refractivity contribution is 0.174. The Kier molecular flexibility index (Phi) is 6.99. The normalized spacial score (nSPS) is 12.1. The van der Waals surface area contributed by atoms with E-state index in [1.54, 1.807) is 10.9 Å². The minimum Gasteiger partial charge on any atom is -0.387 e. The van der Waals surface area contributed by atoms with Crippen molar-refractivity contribution in [1.82, 2.24) is 20.3 Å². The third-order valence-electron chi connectivity index (χ3n) is 4.89. The molecule has 0 fully saturated rings. The Balaban J connectivity index is 1.51. The van der Waals surface area contributed by atoms with Crippen LogP contribution in [0.25, 0.3) is 11.3 Å². The van der Waals surface area contributed by atoms with E-state index in [1.807, 2.05) is 72.8 Å². The largest absolute Gasteiger partial charge is 0.387 e. The van der Waals surface area contributed by atoms with Gasteiger partial charge in [-0.25, -0.2) is 0 Å². The van der Waals surface area contributed by atoms with Crippen LogP contribution in [0.4, 0.5) is 0 Å². The van der Waals surface area contributed by atoms with Crippen LogP contribution in [0.15, 0.2) is 78.9 Å². The van der Waals surface area contributed by atoms with Crippen LogP contribution < -0.4 is 5.32 Å². The fourth-order valence-corrected chi connectivity index (χ4v) is 3.63. The second-order valence-electron chi connectivity index (χ2n) is 7.20. The Hall–Kier alpha value is -2.70. The van der Waals surface area contributed by atoms with E-state index in [0.717, 1.165) is 28.1 Å². The van der Waals surface area contributed by atoms with E-state index in [-0.39, 0.29) is 0 Å². The minimum absolute atomic E-state index is 0.415. The van der Waals surface area contributed by atoms with E-state index < -0.39 is 6.10 Å². The van der Waals surface area contributed by atoms with Gasteiger partial charge in [0, 0.05) is 18.7 Å². The third kappa shape index (κ3) is 5.51. The van der Waals surface area contributed by atoms with Crippen molar-refractivity contribution < 1.29 is 5.11 Å². The average Bonchev–Trinajstić information content (AvgIpc) is 3.20. The Labute approximate surface area is 191 Å². The van der Waals surface area contributed by atoms with Crippen LogP contribution in [0.5, 0.6) is 0 Å². The molecule has 0 spiro atoms. The molecule has 1 aromatic heterocycles. The number of hydrogen-bond acceptors (Lipinski definition) is 4. The van der Waals surface area contributed by atoms with E-state index in [9.17, 15) is 5.11 Å². The molecule has 0 radical (unpaired) electrons. The summed E-state index contributed by atoms with van der Waals surface area (Å²) in [6.45, 7) is 1.37. The second kappa shape index (κ2) is 10.1. The summed E-state index contributed by atoms with van der Waals surface area (Å²) in [5.74, 6) is 0. The summed E-state index contributed by atoms with van der Waals surface area (Å²) in [7, 11) is 0. The topological polar surface area (TPSA) is 63.0 Å². The maximum atomic E-state index is 10.4. The molecule has 1 atom stereocenters. The number of aromatic nitrogens is 3. The summed E-state index contributed by atoms with van der Waals surface area (Å²) in [5.41, 5.74) is 4.45. The maximum Gasteiger partial charge on any atom is 0.117 e. The molecule has 7 heteroatoms. The van der Waals surface area contributed by atoms with Crippen LogP contribution in [-0.2, 0) is 13.1 Å². The average molecular weight is 453 g/mol. The minimum atomic E-state index is -0.590. The highest BCUT2D eigenvalue weighted by Crippen LogP contribution is 2.24. The molecule has 31 heavy (non-hydrogen) atoms. The monoisotopic (exact) mass is 452 g/mol. The van der Waals surface area contributed by atoms with Crippen molar-refractivity contribution in [2.24, 2.45) is 0 Å². The van der Waals surface area contributed by atoms with Crippen molar-refractivity contribution in [2.45, 2.75) is 19.2 Å². The quantitative estimate of drug-likeness (QED) is 0.389. The molecular formula is C24H22Cl2N4O. The third-order valence-corrected chi connectivity index (χ3v) is 5.63. The van der Waals surface area contributed by atoms with Crippen LogP contribution in [-0.4, -0.2) is 26.6 Å². The molecule has 0 saturated carbocycles. The standard InChI is InChI=1S/C24H22Cl2N4O/c25-20-12-11-17(13-21(20)26)16-30-28-22(24(29-30)19-9-5-2-6-10-19)14-27-15-23(31)18-7-3-1-4-8-18/h1-13,23,27,31H,14-16H2/t23-/m0/s1. The Morgan fingerprint density at radius 2 is 1.58 bits per heavy atom. The highest BCUT2D eigenvalue weighted by Gasteiger charge is 2.15. The molecule has 4 rings (SSSR count). The second-order valence-corrected chi connectivity index (χ2v) is 8.01. The van der Waals surface area contributed by atoms with Crippen molar-refractivity contribution >= 4 is 23.2 Å². The van der Waals surface area contributed by atoms with Gasteiger partial charge in [0.2, 0.25) is 0 Å². The van der Waals surface area contributed by atoms with Gasteiger partial charge in [0.1, 0.15) is 11.4 Å². The smallest absolute Gasteiger partial charge is 0.117 e. The molecule has 0 amide bonds. The first-order chi connectivity index (χ1) is 15.1. The Morgan fingerprint density at radius 1 is 0.871 bits per heavy atom. The van der Waals surface area contributed by atoms with Gasteiger partial charge in [0.05, 0.1) is 22.7 Å².